The van der Waals surface area contributed by atoms with Gasteiger partial charge in [-0.1, -0.05) is 71.1 Å². The number of anilines is 1. The Bertz CT molecular complexity index is 614. The van der Waals surface area contributed by atoms with Crippen LogP contribution in [0.15, 0.2) is 24.3 Å². The Morgan fingerprint density at radius 2 is 1.24 bits per heavy atom. The van der Waals surface area contributed by atoms with Crippen molar-refractivity contribution >= 4 is 23.4 Å². The van der Waals surface area contributed by atoms with E-state index in [1.807, 2.05) is 0 Å². The Kier molecular flexibility index (Phi) is 13.2. The van der Waals surface area contributed by atoms with Gasteiger partial charge in [-0.2, -0.15) is 0 Å². The Balaban J connectivity index is 2.04. The Labute approximate surface area is 175 Å². The van der Waals surface area contributed by atoms with Crippen LogP contribution < -0.4 is 16.2 Å². The second-order valence-corrected chi connectivity index (χ2v) is 7.55. The first-order chi connectivity index (χ1) is 14.0. The van der Waals surface area contributed by atoms with Gasteiger partial charge < -0.3 is 5.32 Å². The number of unbranched alkanes of at least 4 members (excludes halogenated alkanes) is 10. The number of hydrazine groups is 1. The van der Waals surface area contributed by atoms with Gasteiger partial charge in [0, 0.05) is 24.6 Å². The minimum Gasteiger partial charge on any atom is -0.326 e. The molecule has 0 fully saturated rings. The van der Waals surface area contributed by atoms with Crippen molar-refractivity contribution in [2.24, 2.45) is 0 Å². The monoisotopic (exact) mass is 403 g/mol. The van der Waals surface area contributed by atoms with Crippen LogP contribution in [0.1, 0.15) is 101 Å². The van der Waals surface area contributed by atoms with Gasteiger partial charge in [0.05, 0.1) is 0 Å². The summed E-state index contributed by atoms with van der Waals surface area (Å²) in [6.45, 7) is 3.66. The summed E-state index contributed by atoms with van der Waals surface area (Å²) >= 11 is 0. The van der Waals surface area contributed by atoms with Crippen molar-refractivity contribution in [3.8, 4) is 0 Å². The summed E-state index contributed by atoms with van der Waals surface area (Å²) in [5, 5.41) is 2.64. The molecule has 0 heterocycles. The van der Waals surface area contributed by atoms with Gasteiger partial charge in [0.2, 0.25) is 11.8 Å². The molecule has 0 radical (unpaired) electrons. The number of carbonyl (C=O) groups is 3. The zero-order valence-corrected chi connectivity index (χ0v) is 18.0. The van der Waals surface area contributed by atoms with Gasteiger partial charge in [0.15, 0.2) is 0 Å². The zero-order chi connectivity index (χ0) is 21.3. The lowest BCUT2D eigenvalue weighted by molar-refractivity contribution is -0.122. The lowest BCUT2D eigenvalue weighted by Gasteiger charge is -2.08. The van der Waals surface area contributed by atoms with Crippen LogP contribution in [0.25, 0.3) is 0 Å². The first-order valence-corrected chi connectivity index (χ1v) is 11.0. The zero-order valence-electron chi connectivity index (χ0n) is 18.0. The molecule has 0 spiro atoms. The third-order valence-electron chi connectivity index (χ3n) is 4.79. The van der Waals surface area contributed by atoms with Gasteiger partial charge in [-0.25, -0.2) is 0 Å². The highest BCUT2D eigenvalue weighted by atomic mass is 16.2. The number of carbonyl (C=O) groups excluding carboxylic acids is 3. The summed E-state index contributed by atoms with van der Waals surface area (Å²) in [4.78, 5) is 34.9. The van der Waals surface area contributed by atoms with Gasteiger partial charge in [0.1, 0.15) is 0 Å². The fraction of sp³-hybridized carbons (Fsp3) is 0.609. The van der Waals surface area contributed by atoms with E-state index in [2.05, 4.69) is 23.1 Å². The van der Waals surface area contributed by atoms with Gasteiger partial charge in [-0.05, 0) is 30.7 Å². The third-order valence-corrected chi connectivity index (χ3v) is 4.79. The van der Waals surface area contributed by atoms with Gasteiger partial charge in [0.25, 0.3) is 5.91 Å². The van der Waals surface area contributed by atoms with Crippen LogP contribution in [0.2, 0.25) is 0 Å². The summed E-state index contributed by atoms with van der Waals surface area (Å²) in [5.74, 6) is -0.729. The molecule has 0 aliphatic carbocycles. The van der Waals surface area contributed by atoms with Crippen molar-refractivity contribution in [3.63, 3.8) is 0 Å². The van der Waals surface area contributed by atoms with Crippen LogP contribution in [-0.4, -0.2) is 17.7 Å². The van der Waals surface area contributed by atoms with E-state index in [9.17, 15) is 14.4 Å². The van der Waals surface area contributed by atoms with E-state index in [-0.39, 0.29) is 17.7 Å². The number of rotatable bonds is 14. The maximum Gasteiger partial charge on any atom is 0.269 e. The van der Waals surface area contributed by atoms with Crippen molar-refractivity contribution in [3.05, 3.63) is 29.8 Å². The summed E-state index contributed by atoms with van der Waals surface area (Å²) in [6.07, 6.45) is 14.0. The molecule has 3 amide bonds. The van der Waals surface area contributed by atoms with E-state index in [1.165, 1.54) is 58.3 Å². The van der Waals surface area contributed by atoms with Crippen molar-refractivity contribution < 1.29 is 14.4 Å². The number of nitrogens with one attached hydrogen (secondary N) is 3. The van der Waals surface area contributed by atoms with E-state index >= 15 is 0 Å². The summed E-state index contributed by atoms with van der Waals surface area (Å²) in [5.41, 5.74) is 5.91. The van der Waals surface area contributed by atoms with Crippen molar-refractivity contribution in [2.75, 3.05) is 5.32 Å². The molecular weight excluding hydrogens is 366 g/mol. The van der Waals surface area contributed by atoms with E-state index in [4.69, 9.17) is 0 Å². The van der Waals surface area contributed by atoms with Gasteiger partial charge in [-0.15, -0.1) is 0 Å². The minimum absolute atomic E-state index is 0.170. The lowest BCUT2D eigenvalue weighted by atomic mass is 10.1. The Hall–Kier alpha value is -2.37. The quantitative estimate of drug-likeness (QED) is 0.298. The second kappa shape index (κ2) is 15.5. The molecular formula is C23H37N3O3. The molecule has 0 atom stereocenters. The van der Waals surface area contributed by atoms with Crippen LogP contribution in [0.3, 0.4) is 0 Å². The summed E-state index contributed by atoms with van der Waals surface area (Å²) in [6, 6.07) is 6.47. The molecule has 1 aromatic rings. The van der Waals surface area contributed by atoms with Crippen LogP contribution in [-0.2, 0) is 9.59 Å². The van der Waals surface area contributed by atoms with E-state index in [0.717, 1.165) is 19.3 Å². The number of hydrogen-bond acceptors (Lipinski definition) is 3. The smallest absolute Gasteiger partial charge is 0.269 e. The van der Waals surface area contributed by atoms with Crippen molar-refractivity contribution in [1.29, 1.82) is 0 Å². The van der Waals surface area contributed by atoms with Gasteiger partial charge >= 0.3 is 0 Å². The molecule has 0 aliphatic heterocycles. The standard InChI is InChI=1S/C23H37N3O3/c1-3-4-5-6-7-8-9-10-11-12-13-14-22(28)25-26-23(29)20-15-17-21(18-16-20)24-19(2)27/h15-18H,3-14H2,1-2H3,(H,24,27)(H,25,28)(H,26,29). The Morgan fingerprint density at radius 1 is 0.724 bits per heavy atom. The van der Waals surface area contributed by atoms with Crippen molar-refractivity contribution in [1.82, 2.24) is 10.9 Å². The molecule has 0 aromatic heterocycles. The minimum atomic E-state index is -0.383. The lowest BCUT2D eigenvalue weighted by Crippen LogP contribution is -2.41. The van der Waals surface area contributed by atoms with Crippen LogP contribution in [0, 0.1) is 0 Å². The SMILES string of the molecule is CCCCCCCCCCCCCC(=O)NNC(=O)c1ccc(NC(C)=O)cc1. The average molecular weight is 404 g/mol. The molecule has 0 saturated heterocycles. The fourth-order valence-electron chi connectivity index (χ4n) is 3.12. The first kappa shape index (κ1) is 24.7. The number of benzene rings is 1. The highest BCUT2D eigenvalue weighted by molar-refractivity contribution is 5.96. The topological polar surface area (TPSA) is 87.3 Å². The highest BCUT2D eigenvalue weighted by Gasteiger charge is 2.07. The normalized spacial score (nSPS) is 10.4. The second-order valence-electron chi connectivity index (χ2n) is 7.55. The molecule has 0 bridgehead atoms. The van der Waals surface area contributed by atoms with Gasteiger partial charge in [-0.3, -0.25) is 25.2 Å². The molecule has 0 saturated carbocycles. The number of hydrogen-bond donors (Lipinski definition) is 3. The van der Waals surface area contributed by atoms with E-state index in [1.54, 1.807) is 24.3 Å². The maximum absolute atomic E-state index is 12.0. The summed E-state index contributed by atoms with van der Waals surface area (Å²) < 4.78 is 0. The fourth-order valence-corrected chi connectivity index (χ4v) is 3.12. The van der Waals surface area contributed by atoms with E-state index < -0.39 is 0 Å². The van der Waals surface area contributed by atoms with Crippen molar-refractivity contribution in [2.45, 2.75) is 90.9 Å². The molecule has 1 rings (SSSR count). The Morgan fingerprint density at radius 3 is 1.76 bits per heavy atom. The molecule has 29 heavy (non-hydrogen) atoms. The molecule has 0 unspecified atom stereocenters. The third kappa shape index (κ3) is 12.7. The maximum atomic E-state index is 12.0. The molecule has 3 N–H and O–H groups in total. The molecule has 6 nitrogen and oxygen atoms in total. The predicted octanol–water partition coefficient (Wildman–Crippen LogP) is 5.11. The predicted molar refractivity (Wildman–Crippen MR) is 117 cm³/mol. The van der Waals surface area contributed by atoms with Crippen LogP contribution in [0.5, 0.6) is 0 Å². The molecule has 6 heteroatoms. The van der Waals surface area contributed by atoms with Crippen LogP contribution >= 0.6 is 0 Å². The largest absolute Gasteiger partial charge is 0.326 e. The highest BCUT2D eigenvalue weighted by Crippen LogP contribution is 2.12. The number of amides is 3. The average Bonchev–Trinajstić information content (AvgIpc) is 2.70. The van der Waals surface area contributed by atoms with E-state index in [0.29, 0.717) is 17.7 Å². The molecule has 0 aliphatic rings. The molecule has 1 aromatic carbocycles. The summed E-state index contributed by atoms with van der Waals surface area (Å²) in [7, 11) is 0. The first-order valence-electron chi connectivity index (χ1n) is 11.0. The van der Waals surface area contributed by atoms with Crippen LogP contribution in [0.4, 0.5) is 5.69 Å². The molecule has 162 valence electrons.